The molecule has 10 heteroatoms. The van der Waals surface area contributed by atoms with Crippen LogP contribution < -0.4 is 0 Å². The number of hydrogen-bond donors (Lipinski definition) is 3. The minimum absolute atomic E-state index is 0.128. The van der Waals surface area contributed by atoms with Crippen LogP contribution in [0.2, 0.25) is 0 Å². The molecule has 8 nitrogen and oxygen atoms in total. The highest BCUT2D eigenvalue weighted by Crippen LogP contribution is 2.35. The zero-order chi connectivity index (χ0) is 16.0. The molecule has 21 heavy (non-hydrogen) atoms. The normalized spacial score (nSPS) is 12.2. The molecule has 0 unspecified atom stereocenters. The minimum atomic E-state index is -4.73. The Kier molecular flexibility index (Phi) is 3.38. The van der Waals surface area contributed by atoms with E-state index in [0.717, 1.165) is 18.2 Å². The highest BCUT2D eigenvalue weighted by Gasteiger charge is 2.21. The van der Waals surface area contributed by atoms with Crippen molar-refractivity contribution in [3.05, 3.63) is 29.8 Å². The van der Waals surface area contributed by atoms with Crippen LogP contribution in [0.25, 0.3) is 10.8 Å². The van der Waals surface area contributed by atoms with E-state index in [1.54, 1.807) is 6.07 Å². The zero-order valence-electron chi connectivity index (χ0n) is 10.0. The summed E-state index contributed by atoms with van der Waals surface area (Å²) in [4.78, 5) is -1.47. The third kappa shape index (κ3) is 2.67. The molecule has 0 aromatic heterocycles. The third-order valence-corrected chi connectivity index (χ3v) is 4.47. The largest absolute Gasteiger partial charge is 0.507 e. The number of nitriles is 1. The molecule has 2 rings (SSSR count). The van der Waals surface area contributed by atoms with Crippen LogP contribution in [0.5, 0.6) is 5.75 Å². The van der Waals surface area contributed by atoms with Crippen molar-refractivity contribution in [3.8, 4) is 11.8 Å². The predicted octanol–water partition coefficient (Wildman–Crippen LogP) is 0.910. The van der Waals surface area contributed by atoms with Crippen LogP contribution in [-0.4, -0.2) is 31.0 Å². The molecule has 0 bridgehead atoms. The first kappa shape index (κ1) is 15.2. The Bertz CT molecular complexity index is 1000. The second kappa shape index (κ2) is 4.68. The number of phenols is 1. The van der Waals surface area contributed by atoms with Gasteiger partial charge in [-0.1, -0.05) is 0 Å². The van der Waals surface area contributed by atoms with E-state index < -0.39 is 41.2 Å². The van der Waals surface area contributed by atoms with Crippen LogP contribution in [0.3, 0.4) is 0 Å². The monoisotopic (exact) mass is 329 g/mol. The van der Waals surface area contributed by atoms with Crippen molar-refractivity contribution in [2.45, 2.75) is 9.79 Å². The quantitative estimate of drug-likeness (QED) is 0.687. The number of benzene rings is 2. The molecule has 2 aromatic carbocycles. The Balaban J connectivity index is 3.12. The van der Waals surface area contributed by atoms with Crippen molar-refractivity contribution < 1.29 is 31.0 Å². The predicted molar refractivity (Wildman–Crippen MR) is 70.0 cm³/mol. The van der Waals surface area contributed by atoms with Gasteiger partial charge in [-0.3, -0.25) is 9.11 Å². The summed E-state index contributed by atoms with van der Waals surface area (Å²) >= 11 is 0. The molecule has 110 valence electrons. The summed E-state index contributed by atoms with van der Waals surface area (Å²) in [7, 11) is -9.45. The summed E-state index contributed by atoms with van der Waals surface area (Å²) in [5, 5.41) is 18.1. The van der Waals surface area contributed by atoms with Crippen LogP contribution in [0.1, 0.15) is 5.56 Å². The molecule has 0 atom stereocenters. The fourth-order valence-electron chi connectivity index (χ4n) is 1.88. The topological polar surface area (TPSA) is 153 Å². The summed E-state index contributed by atoms with van der Waals surface area (Å²) in [5.41, 5.74) is -0.128. The lowest BCUT2D eigenvalue weighted by atomic mass is 10.0. The Labute approximate surface area is 119 Å². The summed E-state index contributed by atoms with van der Waals surface area (Å²) in [6.45, 7) is 0. The van der Waals surface area contributed by atoms with E-state index in [2.05, 4.69) is 0 Å². The van der Waals surface area contributed by atoms with Gasteiger partial charge < -0.3 is 5.11 Å². The highest BCUT2D eigenvalue weighted by molar-refractivity contribution is 7.86. The first-order valence-corrected chi connectivity index (χ1v) is 8.08. The van der Waals surface area contributed by atoms with Crippen LogP contribution in [0, 0.1) is 11.3 Å². The van der Waals surface area contributed by atoms with Gasteiger partial charge in [0.1, 0.15) is 10.6 Å². The molecule has 0 saturated carbocycles. The van der Waals surface area contributed by atoms with Gasteiger partial charge in [0, 0.05) is 16.8 Å². The van der Waals surface area contributed by atoms with Gasteiger partial charge in [-0.15, -0.1) is 0 Å². The maximum Gasteiger partial charge on any atom is 0.295 e. The zero-order valence-corrected chi connectivity index (χ0v) is 11.7. The standard InChI is InChI=1S/C11H7NO7S2/c12-5-6-1-2-10(21(17,18)19)8-3-7(20(14,15)16)4-9(13)11(6)8/h1-4,13H,(H,14,15,16)(H,17,18,19). The SMILES string of the molecule is N#Cc1ccc(S(=O)(=O)O)c2cc(S(=O)(=O)O)cc(O)c12. The van der Waals surface area contributed by atoms with Crippen LogP contribution in [0.4, 0.5) is 0 Å². The summed E-state index contributed by atoms with van der Waals surface area (Å²) in [6, 6.07) is 5.06. The molecule has 0 fully saturated rings. The lowest BCUT2D eigenvalue weighted by Crippen LogP contribution is -2.03. The molecular formula is C11H7NO7S2. The maximum absolute atomic E-state index is 11.3. The summed E-state index contributed by atoms with van der Waals surface area (Å²) in [6.07, 6.45) is 0. The maximum atomic E-state index is 11.3. The Morgan fingerprint density at radius 1 is 1.00 bits per heavy atom. The number of rotatable bonds is 2. The van der Waals surface area contributed by atoms with Gasteiger partial charge in [0.25, 0.3) is 20.2 Å². The van der Waals surface area contributed by atoms with Crippen LogP contribution in [0.15, 0.2) is 34.1 Å². The summed E-state index contributed by atoms with van der Waals surface area (Å²) in [5.74, 6) is -0.720. The van der Waals surface area contributed by atoms with Gasteiger partial charge in [0.2, 0.25) is 0 Å². The first-order chi connectivity index (χ1) is 9.55. The van der Waals surface area contributed by atoms with E-state index in [-0.39, 0.29) is 10.9 Å². The lowest BCUT2D eigenvalue weighted by molar-refractivity contribution is 0.470. The van der Waals surface area contributed by atoms with Gasteiger partial charge in [0.15, 0.2) is 0 Å². The average Bonchev–Trinajstić information content (AvgIpc) is 2.34. The van der Waals surface area contributed by atoms with Crippen molar-refractivity contribution in [2.75, 3.05) is 0 Å². The molecule has 0 radical (unpaired) electrons. The van der Waals surface area contributed by atoms with Crippen LogP contribution >= 0.6 is 0 Å². The second-order valence-corrected chi connectivity index (χ2v) is 6.85. The Morgan fingerprint density at radius 2 is 1.62 bits per heavy atom. The van der Waals surface area contributed by atoms with E-state index in [1.807, 2.05) is 0 Å². The van der Waals surface area contributed by atoms with Crippen molar-refractivity contribution in [2.24, 2.45) is 0 Å². The lowest BCUT2D eigenvalue weighted by Gasteiger charge is -2.09. The smallest absolute Gasteiger partial charge is 0.295 e. The van der Waals surface area contributed by atoms with Gasteiger partial charge in [0.05, 0.1) is 16.5 Å². The minimum Gasteiger partial charge on any atom is -0.507 e. The van der Waals surface area contributed by atoms with E-state index in [1.165, 1.54) is 0 Å². The molecular weight excluding hydrogens is 322 g/mol. The molecule has 0 saturated heterocycles. The molecule has 0 aliphatic heterocycles. The van der Waals surface area contributed by atoms with E-state index in [4.69, 9.17) is 14.4 Å². The van der Waals surface area contributed by atoms with Gasteiger partial charge in [-0.25, -0.2) is 0 Å². The average molecular weight is 329 g/mol. The Hall–Kier alpha value is -2.19. The number of fused-ring (bicyclic) bond motifs is 1. The first-order valence-electron chi connectivity index (χ1n) is 5.20. The Morgan fingerprint density at radius 3 is 2.10 bits per heavy atom. The summed E-state index contributed by atoms with van der Waals surface area (Å²) < 4.78 is 62.9. The van der Waals surface area contributed by atoms with Crippen molar-refractivity contribution >= 4 is 31.0 Å². The van der Waals surface area contributed by atoms with Crippen molar-refractivity contribution in [3.63, 3.8) is 0 Å². The van der Waals surface area contributed by atoms with E-state index in [0.29, 0.717) is 6.07 Å². The molecule has 0 aliphatic rings. The highest BCUT2D eigenvalue weighted by atomic mass is 32.2. The molecule has 0 amide bonds. The third-order valence-electron chi connectivity index (χ3n) is 2.72. The van der Waals surface area contributed by atoms with Crippen LogP contribution in [-0.2, 0) is 20.2 Å². The molecule has 2 aromatic rings. The van der Waals surface area contributed by atoms with Crippen molar-refractivity contribution in [1.29, 1.82) is 5.26 Å². The van der Waals surface area contributed by atoms with E-state index in [9.17, 15) is 21.9 Å². The number of aromatic hydroxyl groups is 1. The van der Waals surface area contributed by atoms with Gasteiger partial charge in [-0.2, -0.15) is 22.1 Å². The fraction of sp³-hybridized carbons (Fsp3) is 0. The number of nitrogens with zero attached hydrogens (tertiary/aromatic N) is 1. The number of phenolic OH excluding ortho intramolecular Hbond substituents is 1. The number of hydrogen-bond acceptors (Lipinski definition) is 6. The van der Waals surface area contributed by atoms with Gasteiger partial charge in [-0.05, 0) is 18.2 Å². The molecule has 0 aliphatic carbocycles. The van der Waals surface area contributed by atoms with E-state index >= 15 is 0 Å². The van der Waals surface area contributed by atoms with Gasteiger partial charge >= 0.3 is 0 Å². The fourth-order valence-corrected chi connectivity index (χ4v) is 3.08. The van der Waals surface area contributed by atoms with Crippen molar-refractivity contribution in [1.82, 2.24) is 0 Å². The second-order valence-electron chi connectivity index (χ2n) is 4.04. The molecule has 0 spiro atoms. The molecule has 3 N–H and O–H groups in total. The molecule has 0 heterocycles.